The number of hydrogen-bond acceptors (Lipinski definition) is 3. The molecule has 1 heterocycles. The van der Waals surface area contributed by atoms with Gasteiger partial charge in [-0.15, -0.1) is 0 Å². The second-order valence-corrected chi connectivity index (χ2v) is 3.62. The third kappa shape index (κ3) is 4.08. The van der Waals surface area contributed by atoms with Gasteiger partial charge in [0.05, 0.1) is 12.8 Å². The smallest absolute Gasteiger partial charge is 0.389 e. The number of aromatic nitrogens is 2. The fourth-order valence-corrected chi connectivity index (χ4v) is 1.21. The van der Waals surface area contributed by atoms with Gasteiger partial charge in [-0.25, -0.2) is 4.79 Å². The Kier molecular flexibility index (Phi) is 4.14. The maximum absolute atomic E-state index is 11.8. The minimum absolute atomic E-state index is 0.228. The maximum atomic E-state index is 11.8. The molecule has 1 aromatic rings. The first-order valence-electron chi connectivity index (χ1n) is 5.04. The van der Waals surface area contributed by atoms with Crippen molar-refractivity contribution in [2.75, 3.05) is 6.61 Å². The lowest BCUT2D eigenvalue weighted by Crippen LogP contribution is -2.12. The largest absolute Gasteiger partial charge is 0.462 e. The molecular weight excluding hydrogens is 237 g/mol. The Morgan fingerprint density at radius 2 is 2.18 bits per heavy atom. The summed E-state index contributed by atoms with van der Waals surface area (Å²) in [5, 5.41) is 3.84. The van der Waals surface area contributed by atoms with Crippen LogP contribution in [0.5, 0.6) is 0 Å². The molecule has 0 aliphatic carbocycles. The third-order valence-electron chi connectivity index (χ3n) is 2.29. The van der Waals surface area contributed by atoms with E-state index < -0.39 is 18.6 Å². The zero-order valence-electron chi connectivity index (χ0n) is 9.54. The lowest BCUT2D eigenvalue weighted by Gasteiger charge is -2.06. The van der Waals surface area contributed by atoms with Crippen molar-refractivity contribution in [2.45, 2.75) is 25.9 Å². The van der Waals surface area contributed by atoms with Crippen LogP contribution in [0, 0.1) is 6.92 Å². The zero-order chi connectivity index (χ0) is 13.1. The molecule has 0 saturated heterocycles. The summed E-state index contributed by atoms with van der Waals surface area (Å²) in [6.07, 6.45) is -4.06. The highest BCUT2D eigenvalue weighted by Gasteiger charge is 2.26. The van der Waals surface area contributed by atoms with Gasteiger partial charge in [-0.05, 0) is 13.3 Å². The second kappa shape index (κ2) is 5.20. The molecule has 0 aromatic carbocycles. The summed E-state index contributed by atoms with van der Waals surface area (Å²) in [7, 11) is 1.66. The molecule has 0 saturated carbocycles. The van der Waals surface area contributed by atoms with Gasteiger partial charge in [0, 0.05) is 19.2 Å². The highest BCUT2D eigenvalue weighted by molar-refractivity contribution is 5.90. The quantitative estimate of drug-likeness (QED) is 0.608. The molecule has 1 rings (SSSR count). The van der Waals surface area contributed by atoms with Crippen LogP contribution in [0.4, 0.5) is 13.2 Å². The van der Waals surface area contributed by atoms with Crippen LogP contribution in [0.1, 0.15) is 28.9 Å². The van der Waals surface area contributed by atoms with Crippen LogP contribution < -0.4 is 0 Å². The van der Waals surface area contributed by atoms with Gasteiger partial charge in [0.1, 0.15) is 5.56 Å². The molecule has 4 nitrogen and oxygen atoms in total. The minimum Gasteiger partial charge on any atom is -0.462 e. The van der Waals surface area contributed by atoms with Crippen LogP contribution in [0.2, 0.25) is 0 Å². The molecule has 0 aliphatic heterocycles. The summed E-state index contributed by atoms with van der Waals surface area (Å²) in [4.78, 5) is 11.4. The molecular formula is C10H13F3N2O2. The fraction of sp³-hybridized carbons (Fsp3) is 0.600. The van der Waals surface area contributed by atoms with Crippen LogP contribution in [0.15, 0.2) is 6.20 Å². The Labute approximate surface area is 96.4 Å². The molecule has 1 aromatic heterocycles. The van der Waals surface area contributed by atoms with Crippen LogP contribution in [0.3, 0.4) is 0 Å². The number of carbonyl (C=O) groups excluding carboxylic acids is 1. The molecule has 0 radical (unpaired) electrons. The van der Waals surface area contributed by atoms with E-state index in [1.807, 2.05) is 0 Å². The monoisotopic (exact) mass is 250 g/mol. The third-order valence-corrected chi connectivity index (χ3v) is 2.29. The minimum atomic E-state index is -4.21. The van der Waals surface area contributed by atoms with Gasteiger partial charge in [-0.3, -0.25) is 4.68 Å². The summed E-state index contributed by atoms with van der Waals surface area (Å²) in [5.74, 6) is -0.641. The standard InChI is InChI=1S/C10H13F3N2O2/c1-7-8(6-14-15(7)2)9(16)17-5-3-4-10(11,12)13/h6H,3-5H2,1-2H3. The van der Waals surface area contributed by atoms with Crippen molar-refractivity contribution in [3.63, 3.8) is 0 Å². The van der Waals surface area contributed by atoms with E-state index in [9.17, 15) is 18.0 Å². The second-order valence-electron chi connectivity index (χ2n) is 3.62. The van der Waals surface area contributed by atoms with E-state index in [4.69, 9.17) is 4.74 Å². The number of alkyl halides is 3. The molecule has 7 heteroatoms. The summed E-state index contributed by atoms with van der Waals surface area (Å²) < 4.78 is 41.7. The first kappa shape index (κ1) is 13.5. The van der Waals surface area contributed by atoms with Gasteiger partial charge in [0.25, 0.3) is 0 Å². The molecule has 17 heavy (non-hydrogen) atoms. The Bertz CT molecular complexity index is 399. The summed E-state index contributed by atoms with van der Waals surface area (Å²) in [5.41, 5.74) is 0.894. The first-order valence-corrected chi connectivity index (χ1v) is 5.04. The van der Waals surface area contributed by atoms with Crippen LogP contribution >= 0.6 is 0 Å². The highest BCUT2D eigenvalue weighted by Crippen LogP contribution is 2.21. The average molecular weight is 250 g/mol. The fourth-order valence-electron chi connectivity index (χ4n) is 1.21. The zero-order valence-corrected chi connectivity index (χ0v) is 9.54. The molecule has 96 valence electrons. The number of esters is 1. The van der Waals surface area contributed by atoms with Crippen LogP contribution in [-0.4, -0.2) is 28.5 Å². The molecule has 0 N–H and O–H groups in total. The maximum Gasteiger partial charge on any atom is 0.389 e. The number of nitrogens with zero attached hydrogens (tertiary/aromatic N) is 2. The van der Waals surface area contributed by atoms with Crippen molar-refractivity contribution >= 4 is 5.97 Å². The summed E-state index contributed by atoms with van der Waals surface area (Å²) >= 11 is 0. The predicted molar refractivity (Wildman–Crippen MR) is 53.5 cm³/mol. The highest BCUT2D eigenvalue weighted by atomic mass is 19.4. The van der Waals surface area contributed by atoms with E-state index in [0.717, 1.165) is 0 Å². The normalized spacial score (nSPS) is 11.6. The average Bonchev–Trinajstić information content (AvgIpc) is 2.53. The number of halogens is 3. The number of carbonyl (C=O) groups is 1. The van der Waals surface area contributed by atoms with Crippen LogP contribution in [-0.2, 0) is 11.8 Å². The van der Waals surface area contributed by atoms with Crippen molar-refractivity contribution in [3.05, 3.63) is 17.5 Å². The van der Waals surface area contributed by atoms with Crippen molar-refractivity contribution in [1.82, 2.24) is 9.78 Å². The molecule has 0 atom stereocenters. The van der Waals surface area contributed by atoms with E-state index in [1.54, 1.807) is 14.0 Å². The number of hydrogen-bond donors (Lipinski definition) is 0. The molecule has 0 fully saturated rings. The molecule has 0 amide bonds. The lowest BCUT2D eigenvalue weighted by atomic mass is 10.2. The van der Waals surface area contributed by atoms with Gasteiger partial charge < -0.3 is 4.74 Å². The summed E-state index contributed by atoms with van der Waals surface area (Å²) in [6.45, 7) is 1.44. The van der Waals surface area contributed by atoms with Gasteiger partial charge in [0.15, 0.2) is 0 Å². The Hall–Kier alpha value is -1.53. The van der Waals surface area contributed by atoms with Gasteiger partial charge >= 0.3 is 12.1 Å². The number of rotatable bonds is 4. The first-order chi connectivity index (χ1) is 7.81. The topological polar surface area (TPSA) is 44.1 Å². The lowest BCUT2D eigenvalue weighted by molar-refractivity contribution is -0.137. The van der Waals surface area contributed by atoms with Crippen molar-refractivity contribution in [2.24, 2.45) is 7.05 Å². The molecule has 0 unspecified atom stereocenters. The Morgan fingerprint density at radius 1 is 1.53 bits per heavy atom. The number of aryl methyl sites for hydroxylation is 1. The van der Waals surface area contributed by atoms with E-state index >= 15 is 0 Å². The van der Waals surface area contributed by atoms with Crippen LogP contribution in [0.25, 0.3) is 0 Å². The van der Waals surface area contributed by atoms with Gasteiger partial charge in [-0.2, -0.15) is 18.3 Å². The Morgan fingerprint density at radius 3 is 2.65 bits per heavy atom. The SMILES string of the molecule is Cc1c(C(=O)OCCCC(F)(F)F)cnn1C. The van der Waals surface area contributed by atoms with E-state index in [2.05, 4.69) is 5.10 Å². The van der Waals surface area contributed by atoms with E-state index in [-0.39, 0.29) is 18.6 Å². The van der Waals surface area contributed by atoms with Gasteiger partial charge in [0.2, 0.25) is 0 Å². The Balaban J connectivity index is 2.38. The predicted octanol–water partition coefficient (Wildman–Crippen LogP) is 2.23. The van der Waals surface area contributed by atoms with Crippen molar-refractivity contribution in [3.8, 4) is 0 Å². The van der Waals surface area contributed by atoms with Crippen molar-refractivity contribution in [1.29, 1.82) is 0 Å². The molecule has 0 aliphatic rings. The molecule has 0 spiro atoms. The summed E-state index contributed by atoms with van der Waals surface area (Å²) in [6, 6.07) is 0. The van der Waals surface area contributed by atoms with Gasteiger partial charge in [-0.1, -0.05) is 0 Å². The number of ether oxygens (including phenoxy) is 1. The molecule has 0 bridgehead atoms. The van der Waals surface area contributed by atoms with Crippen molar-refractivity contribution < 1.29 is 22.7 Å². The van der Waals surface area contributed by atoms with E-state index in [0.29, 0.717) is 5.69 Å². The van der Waals surface area contributed by atoms with E-state index in [1.165, 1.54) is 10.9 Å².